The third kappa shape index (κ3) is 3.81. The quantitative estimate of drug-likeness (QED) is 0.308. The lowest BCUT2D eigenvalue weighted by atomic mass is 9.94. The van der Waals surface area contributed by atoms with Crippen molar-refractivity contribution < 1.29 is 8.42 Å². The lowest BCUT2D eigenvalue weighted by Gasteiger charge is -2.29. The van der Waals surface area contributed by atoms with Crippen molar-refractivity contribution in [1.29, 1.82) is 0 Å². The first-order chi connectivity index (χ1) is 16.3. The van der Waals surface area contributed by atoms with Gasteiger partial charge < -0.3 is 0 Å². The Labute approximate surface area is 211 Å². The zero-order valence-electron chi connectivity index (χ0n) is 17.5. The van der Waals surface area contributed by atoms with E-state index >= 15 is 0 Å². The van der Waals surface area contributed by atoms with E-state index in [0.717, 1.165) is 5.56 Å². The molecule has 3 aromatic carbocycles. The Bertz CT molecular complexity index is 1540. The van der Waals surface area contributed by atoms with Gasteiger partial charge in [-0.05, 0) is 53.6 Å². The molecule has 0 bridgehead atoms. The Morgan fingerprint density at radius 2 is 1.21 bits per heavy atom. The second kappa shape index (κ2) is 8.78. The van der Waals surface area contributed by atoms with Crippen molar-refractivity contribution in [2.75, 3.05) is 4.31 Å². The van der Waals surface area contributed by atoms with Gasteiger partial charge in [-0.25, -0.2) is 12.7 Å². The molecule has 4 aromatic rings. The Kier molecular flexibility index (Phi) is 5.94. The van der Waals surface area contributed by atoms with Crippen molar-refractivity contribution >= 4 is 50.6 Å². The third-order valence-electron chi connectivity index (χ3n) is 5.82. The van der Waals surface area contributed by atoms with Crippen LogP contribution < -0.4 is 9.86 Å². The summed E-state index contributed by atoms with van der Waals surface area (Å²) in [5, 5.41) is 1.14. The van der Waals surface area contributed by atoms with Gasteiger partial charge in [0.15, 0.2) is 0 Å². The topological polar surface area (TPSA) is 59.4 Å². The average molecular weight is 532 g/mol. The van der Waals surface area contributed by atoms with Crippen LogP contribution in [0.4, 0.5) is 5.82 Å². The molecular weight excluding hydrogens is 515 g/mol. The molecule has 172 valence electrons. The Hall–Kier alpha value is -2.77. The van der Waals surface area contributed by atoms with Crippen LogP contribution in [0.15, 0.2) is 101 Å². The van der Waals surface area contributed by atoms with Crippen LogP contribution in [0.25, 0.3) is 0 Å². The van der Waals surface area contributed by atoms with Gasteiger partial charge in [-0.1, -0.05) is 77.3 Å². The van der Waals surface area contributed by atoms with Crippen LogP contribution in [-0.2, 0) is 10.0 Å². The maximum atomic E-state index is 14.1. The number of sulfonamides is 1. The lowest BCUT2D eigenvalue weighted by molar-refractivity contribution is 0.529. The number of pyridine rings is 1. The summed E-state index contributed by atoms with van der Waals surface area (Å²) in [5.74, 6) is 0.243. The molecule has 0 radical (unpaired) electrons. The lowest BCUT2D eigenvalue weighted by Crippen LogP contribution is -2.34. The predicted molar refractivity (Wildman–Crippen MR) is 136 cm³/mol. The van der Waals surface area contributed by atoms with Gasteiger partial charge in [-0.15, -0.1) is 0 Å². The minimum absolute atomic E-state index is 0.0461. The molecule has 0 saturated carbocycles. The van der Waals surface area contributed by atoms with E-state index in [0.29, 0.717) is 15.6 Å². The molecule has 1 aromatic heterocycles. The van der Waals surface area contributed by atoms with Gasteiger partial charge in [0.25, 0.3) is 15.6 Å². The summed E-state index contributed by atoms with van der Waals surface area (Å²) in [6.45, 7) is 0. The van der Waals surface area contributed by atoms with E-state index in [1.807, 2.05) is 0 Å². The van der Waals surface area contributed by atoms with Crippen LogP contribution in [-0.4, -0.2) is 13.0 Å². The Morgan fingerprint density at radius 1 is 0.647 bits per heavy atom. The highest BCUT2D eigenvalue weighted by molar-refractivity contribution is 7.93. The maximum Gasteiger partial charge on any atom is 0.267 e. The molecule has 2 heterocycles. The van der Waals surface area contributed by atoms with Crippen molar-refractivity contribution in [1.82, 2.24) is 4.57 Å². The standard InChI is InChI=1S/C25H17Cl3N2O3S/c26-18-12-8-16(9-13-18)24-25(17-10-14-19(27)15-11-17)30(22-6-3-7-23(31)29(22)24)34(32,33)21-5-2-1-4-20(21)28/h1-15,24-25H/t24-,25+/m0/s1. The van der Waals surface area contributed by atoms with Gasteiger partial charge >= 0.3 is 0 Å². The SMILES string of the molecule is O=c1cccc2n1[C@@H](c1ccc(Cl)cc1)[C@@H](c1ccc(Cl)cc1)N2S(=O)(=O)c1ccccc1Cl. The van der Waals surface area contributed by atoms with Gasteiger partial charge in [0.2, 0.25) is 0 Å². The fraction of sp³-hybridized carbons (Fsp3) is 0.0800. The molecule has 2 atom stereocenters. The zero-order valence-corrected chi connectivity index (χ0v) is 20.6. The summed E-state index contributed by atoms with van der Waals surface area (Å²) in [5.41, 5.74) is 1.08. The molecule has 5 rings (SSSR count). The largest absolute Gasteiger partial charge is 0.284 e. The Morgan fingerprint density at radius 3 is 1.79 bits per heavy atom. The van der Waals surface area contributed by atoms with E-state index in [9.17, 15) is 13.2 Å². The van der Waals surface area contributed by atoms with Crippen LogP contribution >= 0.6 is 34.8 Å². The van der Waals surface area contributed by atoms with Crippen LogP contribution in [0.3, 0.4) is 0 Å². The number of anilines is 1. The minimum atomic E-state index is -4.17. The first-order valence-corrected chi connectivity index (χ1v) is 12.9. The van der Waals surface area contributed by atoms with Gasteiger partial charge in [-0.3, -0.25) is 9.36 Å². The van der Waals surface area contributed by atoms with Crippen LogP contribution in [0.5, 0.6) is 0 Å². The van der Waals surface area contributed by atoms with Crippen molar-refractivity contribution in [3.8, 4) is 0 Å². The van der Waals surface area contributed by atoms with Crippen LogP contribution in [0, 0.1) is 0 Å². The molecule has 0 saturated heterocycles. The Balaban J connectivity index is 1.83. The summed E-state index contributed by atoms with van der Waals surface area (Å²) in [6, 6.07) is 23.4. The first kappa shape index (κ1) is 23.0. The zero-order chi connectivity index (χ0) is 24.0. The monoisotopic (exact) mass is 530 g/mol. The molecule has 9 heteroatoms. The van der Waals surface area contributed by atoms with Crippen molar-refractivity contribution in [3.05, 3.63) is 128 Å². The number of nitrogens with zero attached hydrogens (tertiary/aromatic N) is 2. The molecule has 0 N–H and O–H groups in total. The van der Waals surface area contributed by atoms with E-state index < -0.39 is 22.1 Å². The van der Waals surface area contributed by atoms with E-state index in [1.165, 1.54) is 27.1 Å². The second-order valence-corrected chi connectivity index (χ2v) is 10.9. The number of hydrogen-bond donors (Lipinski definition) is 0. The minimum Gasteiger partial charge on any atom is -0.284 e. The highest BCUT2D eigenvalue weighted by atomic mass is 35.5. The van der Waals surface area contributed by atoms with E-state index in [2.05, 4.69) is 0 Å². The number of aromatic nitrogens is 1. The molecule has 0 unspecified atom stereocenters. The van der Waals surface area contributed by atoms with E-state index in [-0.39, 0.29) is 21.3 Å². The van der Waals surface area contributed by atoms with Gasteiger partial charge in [0, 0.05) is 16.1 Å². The van der Waals surface area contributed by atoms with Crippen molar-refractivity contribution in [2.45, 2.75) is 17.0 Å². The highest BCUT2D eigenvalue weighted by Crippen LogP contribution is 2.49. The summed E-state index contributed by atoms with van der Waals surface area (Å²) >= 11 is 18.6. The maximum absolute atomic E-state index is 14.1. The molecular formula is C25H17Cl3N2O3S. The van der Waals surface area contributed by atoms with Crippen molar-refractivity contribution in [3.63, 3.8) is 0 Å². The summed E-state index contributed by atoms with van der Waals surface area (Å²) in [6.07, 6.45) is 0. The van der Waals surface area contributed by atoms with E-state index in [1.54, 1.807) is 72.8 Å². The fourth-order valence-electron chi connectivity index (χ4n) is 4.36. The van der Waals surface area contributed by atoms with Gasteiger partial charge in [0.1, 0.15) is 10.7 Å². The summed E-state index contributed by atoms with van der Waals surface area (Å²) in [7, 11) is -4.17. The van der Waals surface area contributed by atoms with E-state index in [4.69, 9.17) is 34.8 Å². The number of halogens is 3. The van der Waals surface area contributed by atoms with Crippen LogP contribution in [0.1, 0.15) is 23.2 Å². The molecule has 1 aliphatic heterocycles. The van der Waals surface area contributed by atoms with Crippen LogP contribution in [0.2, 0.25) is 15.1 Å². The van der Waals surface area contributed by atoms with Crippen molar-refractivity contribution in [2.24, 2.45) is 0 Å². The average Bonchev–Trinajstić information content (AvgIpc) is 3.17. The molecule has 0 fully saturated rings. The molecule has 1 aliphatic rings. The normalized spacial score (nSPS) is 17.6. The summed E-state index contributed by atoms with van der Waals surface area (Å²) < 4.78 is 31.0. The number of fused-ring (bicyclic) bond motifs is 1. The molecule has 0 spiro atoms. The smallest absolute Gasteiger partial charge is 0.267 e. The predicted octanol–water partition coefficient (Wildman–Crippen LogP) is 6.35. The number of hydrogen-bond acceptors (Lipinski definition) is 3. The first-order valence-electron chi connectivity index (χ1n) is 10.3. The second-order valence-electron chi connectivity index (χ2n) is 7.82. The molecule has 34 heavy (non-hydrogen) atoms. The van der Waals surface area contributed by atoms with Gasteiger partial charge in [0.05, 0.1) is 17.1 Å². The molecule has 5 nitrogen and oxygen atoms in total. The highest BCUT2D eigenvalue weighted by Gasteiger charge is 2.47. The summed E-state index contributed by atoms with van der Waals surface area (Å²) in [4.78, 5) is 13.1. The third-order valence-corrected chi connectivity index (χ3v) is 8.61. The fourth-order valence-corrected chi connectivity index (χ4v) is 6.75. The number of benzene rings is 3. The molecule has 0 aliphatic carbocycles. The number of rotatable bonds is 4. The molecule has 0 amide bonds. The van der Waals surface area contributed by atoms with Gasteiger partial charge in [-0.2, -0.15) is 0 Å².